The Morgan fingerprint density at radius 3 is 2.59 bits per heavy atom. The maximum atomic E-state index is 12.7. The maximum absolute atomic E-state index is 12.7. The van der Waals surface area contributed by atoms with Gasteiger partial charge in [-0.2, -0.15) is 0 Å². The number of methoxy groups -OCH3 is 1. The SMILES string of the molecule is COc1cccc(/N=C/c2ccc(F)cc2)c1. The summed E-state index contributed by atoms with van der Waals surface area (Å²) in [7, 11) is 1.61. The molecular formula is C14H12FNO. The minimum atomic E-state index is -0.247. The van der Waals surface area contributed by atoms with Crippen molar-refractivity contribution in [3.63, 3.8) is 0 Å². The molecule has 0 unspecified atom stereocenters. The molecule has 0 aliphatic heterocycles. The molecule has 0 N–H and O–H groups in total. The first-order chi connectivity index (χ1) is 8.28. The summed E-state index contributed by atoms with van der Waals surface area (Å²) in [6, 6.07) is 13.6. The predicted octanol–water partition coefficient (Wildman–Crippen LogP) is 3.58. The molecule has 0 bridgehead atoms. The van der Waals surface area contributed by atoms with Crippen molar-refractivity contribution in [2.75, 3.05) is 7.11 Å². The molecular weight excluding hydrogens is 217 g/mol. The molecule has 2 rings (SSSR count). The average molecular weight is 229 g/mol. The van der Waals surface area contributed by atoms with Crippen LogP contribution in [0.1, 0.15) is 5.56 Å². The highest BCUT2D eigenvalue weighted by Gasteiger charge is 1.93. The zero-order chi connectivity index (χ0) is 12.1. The van der Waals surface area contributed by atoms with Crippen molar-refractivity contribution in [3.05, 3.63) is 59.9 Å². The van der Waals surface area contributed by atoms with Crippen LogP contribution in [0.3, 0.4) is 0 Å². The zero-order valence-corrected chi connectivity index (χ0v) is 9.43. The van der Waals surface area contributed by atoms with Gasteiger partial charge in [0.25, 0.3) is 0 Å². The number of benzene rings is 2. The summed E-state index contributed by atoms with van der Waals surface area (Å²) < 4.78 is 17.8. The molecule has 0 fully saturated rings. The van der Waals surface area contributed by atoms with E-state index >= 15 is 0 Å². The van der Waals surface area contributed by atoms with Gasteiger partial charge in [0.15, 0.2) is 0 Å². The van der Waals surface area contributed by atoms with E-state index in [1.165, 1.54) is 12.1 Å². The number of hydrogen-bond acceptors (Lipinski definition) is 2. The van der Waals surface area contributed by atoms with Crippen LogP contribution in [0.15, 0.2) is 53.5 Å². The first-order valence-corrected chi connectivity index (χ1v) is 5.21. The number of hydrogen-bond donors (Lipinski definition) is 0. The molecule has 2 nitrogen and oxygen atoms in total. The van der Waals surface area contributed by atoms with E-state index in [-0.39, 0.29) is 5.82 Å². The second-order valence-corrected chi connectivity index (χ2v) is 3.51. The van der Waals surface area contributed by atoms with Gasteiger partial charge in [-0.15, -0.1) is 0 Å². The molecule has 0 spiro atoms. The fraction of sp³-hybridized carbons (Fsp3) is 0.0714. The highest BCUT2D eigenvalue weighted by Crippen LogP contribution is 2.19. The van der Waals surface area contributed by atoms with E-state index in [1.54, 1.807) is 25.5 Å². The van der Waals surface area contributed by atoms with Crippen LogP contribution >= 0.6 is 0 Å². The third-order valence-corrected chi connectivity index (χ3v) is 2.29. The Morgan fingerprint density at radius 1 is 1.12 bits per heavy atom. The molecule has 2 aromatic rings. The lowest BCUT2D eigenvalue weighted by Gasteiger charge is -1.99. The molecule has 0 radical (unpaired) electrons. The number of rotatable bonds is 3. The summed E-state index contributed by atoms with van der Waals surface area (Å²) in [5, 5.41) is 0. The first-order valence-electron chi connectivity index (χ1n) is 5.21. The third kappa shape index (κ3) is 3.14. The van der Waals surface area contributed by atoms with E-state index < -0.39 is 0 Å². The van der Waals surface area contributed by atoms with Gasteiger partial charge >= 0.3 is 0 Å². The zero-order valence-electron chi connectivity index (χ0n) is 9.43. The smallest absolute Gasteiger partial charge is 0.123 e. The van der Waals surface area contributed by atoms with Crippen LogP contribution in [0, 0.1) is 5.82 Å². The van der Waals surface area contributed by atoms with E-state index in [2.05, 4.69) is 4.99 Å². The molecule has 17 heavy (non-hydrogen) atoms. The summed E-state index contributed by atoms with van der Waals surface area (Å²) in [6.45, 7) is 0. The van der Waals surface area contributed by atoms with Crippen molar-refractivity contribution < 1.29 is 9.13 Å². The number of ether oxygens (including phenoxy) is 1. The number of nitrogens with zero attached hydrogens (tertiary/aromatic N) is 1. The highest BCUT2D eigenvalue weighted by molar-refractivity contribution is 5.81. The van der Waals surface area contributed by atoms with Gasteiger partial charge in [-0.05, 0) is 29.8 Å². The lowest BCUT2D eigenvalue weighted by atomic mass is 10.2. The standard InChI is InChI=1S/C14H12FNO/c1-17-14-4-2-3-13(9-14)16-10-11-5-7-12(15)8-6-11/h2-10H,1H3/b16-10+. The Bertz CT molecular complexity index is 520. The van der Waals surface area contributed by atoms with Crippen molar-refractivity contribution in [1.82, 2.24) is 0 Å². The summed E-state index contributed by atoms with van der Waals surface area (Å²) in [6.07, 6.45) is 1.69. The Kier molecular flexibility index (Phi) is 3.50. The van der Waals surface area contributed by atoms with E-state index in [0.29, 0.717) is 0 Å². The van der Waals surface area contributed by atoms with Gasteiger partial charge in [0.1, 0.15) is 11.6 Å². The quantitative estimate of drug-likeness (QED) is 0.737. The molecule has 0 aliphatic rings. The summed E-state index contributed by atoms with van der Waals surface area (Å²) >= 11 is 0. The normalized spacial score (nSPS) is 10.7. The summed E-state index contributed by atoms with van der Waals surface area (Å²) in [4.78, 5) is 4.29. The fourth-order valence-corrected chi connectivity index (χ4v) is 1.39. The lowest BCUT2D eigenvalue weighted by molar-refractivity contribution is 0.415. The van der Waals surface area contributed by atoms with E-state index in [1.807, 2.05) is 24.3 Å². The minimum absolute atomic E-state index is 0.247. The van der Waals surface area contributed by atoms with Crippen LogP contribution in [-0.4, -0.2) is 13.3 Å². The van der Waals surface area contributed by atoms with E-state index in [4.69, 9.17) is 4.74 Å². The molecule has 2 aromatic carbocycles. The molecule has 3 heteroatoms. The van der Waals surface area contributed by atoms with Crippen LogP contribution in [0.5, 0.6) is 5.75 Å². The van der Waals surface area contributed by atoms with Gasteiger partial charge in [0.2, 0.25) is 0 Å². The molecule has 0 aliphatic carbocycles. The topological polar surface area (TPSA) is 21.6 Å². The van der Waals surface area contributed by atoms with Gasteiger partial charge in [-0.25, -0.2) is 4.39 Å². The Balaban J connectivity index is 2.16. The fourth-order valence-electron chi connectivity index (χ4n) is 1.39. The van der Waals surface area contributed by atoms with Crippen LogP contribution in [0.2, 0.25) is 0 Å². The Hall–Kier alpha value is -2.16. The van der Waals surface area contributed by atoms with Crippen molar-refractivity contribution >= 4 is 11.9 Å². The molecule has 0 aromatic heterocycles. The molecule has 0 heterocycles. The Morgan fingerprint density at radius 2 is 1.88 bits per heavy atom. The second-order valence-electron chi connectivity index (χ2n) is 3.51. The molecule has 86 valence electrons. The lowest BCUT2D eigenvalue weighted by Crippen LogP contribution is -1.82. The number of aliphatic imine (C=N–C) groups is 1. The van der Waals surface area contributed by atoms with Gasteiger partial charge in [0.05, 0.1) is 12.8 Å². The van der Waals surface area contributed by atoms with Gasteiger partial charge < -0.3 is 4.74 Å². The highest BCUT2D eigenvalue weighted by atomic mass is 19.1. The van der Waals surface area contributed by atoms with E-state index in [0.717, 1.165) is 17.0 Å². The number of halogens is 1. The van der Waals surface area contributed by atoms with Crippen LogP contribution < -0.4 is 4.74 Å². The summed E-state index contributed by atoms with van der Waals surface area (Å²) in [5.74, 6) is 0.516. The Labute approximate surface area is 99.4 Å². The van der Waals surface area contributed by atoms with Crippen molar-refractivity contribution in [2.45, 2.75) is 0 Å². The maximum Gasteiger partial charge on any atom is 0.123 e. The monoisotopic (exact) mass is 229 g/mol. The van der Waals surface area contributed by atoms with Crippen LogP contribution in [0.4, 0.5) is 10.1 Å². The molecule has 0 saturated carbocycles. The van der Waals surface area contributed by atoms with Gasteiger partial charge in [0, 0.05) is 12.3 Å². The average Bonchev–Trinajstić information content (AvgIpc) is 2.38. The van der Waals surface area contributed by atoms with Crippen molar-refractivity contribution in [2.24, 2.45) is 4.99 Å². The van der Waals surface area contributed by atoms with Crippen LogP contribution in [0.25, 0.3) is 0 Å². The summed E-state index contributed by atoms with van der Waals surface area (Å²) in [5.41, 5.74) is 1.66. The van der Waals surface area contributed by atoms with Crippen LogP contribution in [-0.2, 0) is 0 Å². The van der Waals surface area contributed by atoms with Gasteiger partial charge in [-0.1, -0.05) is 18.2 Å². The minimum Gasteiger partial charge on any atom is -0.497 e. The van der Waals surface area contributed by atoms with Crippen molar-refractivity contribution in [1.29, 1.82) is 0 Å². The predicted molar refractivity (Wildman–Crippen MR) is 66.6 cm³/mol. The van der Waals surface area contributed by atoms with Crippen molar-refractivity contribution in [3.8, 4) is 5.75 Å². The molecule has 0 amide bonds. The third-order valence-electron chi connectivity index (χ3n) is 2.29. The molecule has 0 saturated heterocycles. The first kappa shape index (κ1) is 11.3. The second kappa shape index (κ2) is 5.25. The van der Waals surface area contributed by atoms with E-state index in [9.17, 15) is 4.39 Å². The molecule has 0 atom stereocenters. The largest absolute Gasteiger partial charge is 0.497 e. The van der Waals surface area contributed by atoms with Gasteiger partial charge in [-0.3, -0.25) is 4.99 Å².